The van der Waals surface area contributed by atoms with E-state index < -0.39 is 29.6 Å². The summed E-state index contributed by atoms with van der Waals surface area (Å²) in [4.78, 5) is 43.3. The second-order valence-electron chi connectivity index (χ2n) is 7.95. The Hall–Kier alpha value is -3.63. The number of aromatic nitrogens is 1. The van der Waals surface area contributed by atoms with Gasteiger partial charge in [0.2, 0.25) is 5.88 Å². The fourth-order valence-corrected chi connectivity index (χ4v) is 4.18. The van der Waals surface area contributed by atoms with E-state index in [2.05, 4.69) is 4.98 Å². The van der Waals surface area contributed by atoms with Crippen LogP contribution in [0.25, 0.3) is 0 Å². The number of alkyl halides is 3. The number of nitrogens with two attached hydrogens (primary N) is 1. The number of primary amides is 1. The smallest absolute Gasteiger partial charge is 0.416 e. The fraction of sp³-hybridized carbons (Fsp3) is 0.364. The lowest BCUT2D eigenvalue weighted by Crippen LogP contribution is -2.44. The normalized spacial score (nSPS) is 21.4. The average molecular weight is 462 g/mol. The number of amides is 4. The Kier molecular flexibility index (Phi) is 5.96. The van der Waals surface area contributed by atoms with Gasteiger partial charge in [-0.25, -0.2) is 9.78 Å². The number of urea groups is 1. The molecule has 11 heteroatoms. The lowest BCUT2D eigenvalue weighted by molar-refractivity contribution is -0.137. The number of imide groups is 1. The van der Waals surface area contributed by atoms with Crippen molar-refractivity contribution < 1.29 is 32.3 Å². The maximum absolute atomic E-state index is 13.0. The minimum atomic E-state index is -4.55. The Morgan fingerprint density at radius 3 is 2.48 bits per heavy atom. The molecule has 1 aromatic carbocycles. The number of hydrogen-bond donors (Lipinski definition) is 1. The molecule has 1 aliphatic carbocycles. The summed E-state index contributed by atoms with van der Waals surface area (Å²) in [6.45, 7) is -0.313. The Bertz CT molecular complexity index is 1080. The van der Waals surface area contributed by atoms with Crippen molar-refractivity contribution in [2.75, 3.05) is 11.4 Å². The SMILES string of the molecule is NC(=O)c1cccnc1OC1CCC(N2C(=O)CN(c3cccc(C(F)(F)F)c3)C2=O)CC1. The molecule has 4 rings (SSSR count). The minimum Gasteiger partial charge on any atom is -0.474 e. The Morgan fingerprint density at radius 1 is 1.09 bits per heavy atom. The number of benzene rings is 1. The summed E-state index contributed by atoms with van der Waals surface area (Å²) in [5.41, 5.74) is 4.65. The molecule has 174 valence electrons. The zero-order valence-electron chi connectivity index (χ0n) is 17.4. The highest BCUT2D eigenvalue weighted by Gasteiger charge is 2.43. The molecule has 1 aromatic heterocycles. The largest absolute Gasteiger partial charge is 0.474 e. The number of carbonyl (C=O) groups excluding carboxylic acids is 3. The van der Waals surface area contributed by atoms with Crippen molar-refractivity contribution in [1.82, 2.24) is 9.88 Å². The zero-order valence-corrected chi connectivity index (χ0v) is 17.4. The van der Waals surface area contributed by atoms with Crippen LogP contribution in [-0.2, 0) is 11.0 Å². The zero-order chi connectivity index (χ0) is 23.8. The lowest BCUT2D eigenvalue weighted by Gasteiger charge is -2.33. The maximum atomic E-state index is 13.0. The second kappa shape index (κ2) is 8.72. The number of pyridine rings is 1. The predicted octanol–water partition coefficient (Wildman–Crippen LogP) is 3.36. The van der Waals surface area contributed by atoms with Gasteiger partial charge in [0.25, 0.3) is 11.8 Å². The van der Waals surface area contributed by atoms with Crippen molar-refractivity contribution in [3.63, 3.8) is 0 Å². The van der Waals surface area contributed by atoms with Gasteiger partial charge in [-0.2, -0.15) is 13.2 Å². The van der Waals surface area contributed by atoms with E-state index >= 15 is 0 Å². The Balaban J connectivity index is 1.42. The average Bonchev–Trinajstić information content (AvgIpc) is 3.08. The fourth-order valence-electron chi connectivity index (χ4n) is 4.18. The molecule has 2 aromatic rings. The third-order valence-electron chi connectivity index (χ3n) is 5.81. The first-order chi connectivity index (χ1) is 15.6. The first-order valence-electron chi connectivity index (χ1n) is 10.4. The molecular weight excluding hydrogens is 441 g/mol. The van der Waals surface area contributed by atoms with Gasteiger partial charge < -0.3 is 10.5 Å². The molecule has 4 amide bonds. The quantitative estimate of drug-likeness (QED) is 0.686. The number of anilines is 1. The molecule has 0 radical (unpaired) electrons. The lowest BCUT2D eigenvalue weighted by atomic mass is 9.92. The molecular formula is C22H21F3N4O4. The first kappa shape index (κ1) is 22.6. The summed E-state index contributed by atoms with van der Waals surface area (Å²) in [7, 11) is 0. The molecule has 0 spiro atoms. The molecule has 2 heterocycles. The summed E-state index contributed by atoms with van der Waals surface area (Å²) in [5, 5.41) is 0. The monoisotopic (exact) mass is 462 g/mol. The van der Waals surface area contributed by atoms with Crippen molar-refractivity contribution in [2.24, 2.45) is 5.73 Å². The number of carbonyl (C=O) groups is 3. The molecule has 2 aliphatic rings. The molecule has 0 unspecified atom stereocenters. The van der Waals surface area contributed by atoms with Gasteiger partial charge in [0, 0.05) is 17.9 Å². The van der Waals surface area contributed by atoms with Crippen LogP contribution in [0.3, 0.4) is 0 Å². The van der Waals surface area contributed by atoms with Crippen LogP contribution in [0, 0.1) is 0 Å². The molecule has 33 heavy (non-hydrogen) atoms. The highest BCUT2D eigenvalue weighted by atomic mass is 19.4. The van der Waals surface area contributed by atoms with E-state index in [4.69, 9.17) is 10.5 Å². The van der Waals surface area contributed by atoms with E-state index in [0.29, 0.717) is 25.7 Å². The number of nitrogens with zero attached hydrogens (tertiary/aromatic N) is 3. The van der Waals surface area contributed by atoms with Gasteiger partial charge >= 0.3 is 12.2 Å². The van der Waals surface area contributed by atoms with Crippen molar-refractivity contribution >= 4 is 23.5 Å². The predicted molar refractivity (Wildman–Crippen MR) is 110 cm³/mol. The highest BCUT2D eigenvalue weighted by Crippen LogP contribution is 2.34. The highest BCUT2D eigenvalue weighted by molar-refractivity contribution is 6.12. The van der Waals surface area contributed by atoms with E-state index in [1.807, 2.05) is 0 Å². The topological polar surface area (TPSA) is 106 Å². The van der Waals surface area contributed by atoms with Crippen molar-refractivity contribution in [2.45, 2.75) is 44.0 Å². The standard InChI is InChI=1S/C22H21F3N4O4/c23-22(24,25)13-3-1-4-15(11-13)28-12-18(30)29(21(28)32)14-6-8-16(9-7-14)33-20-17(19(26)31)5-2-10-27-20/h1-5,10-11,14,16H,6-9,12H2,(H2,26,31). The molecule has 1 saturated heterocycles. The van der Waals surface area contributed by atoms with E-state index in [1.165, 1.54) is 24.4 Å². The summed E-state index contributed by atoms with van der Waals surface area (Å²) in [6, 6.07) is 6.42. The molecule has 0 atom stereocenters. The van der Waals surface area contributed by atoms with Crippen LogP contribution in [0.1, 0.15) is 41.6 Å². The summed E-state index contributed by atoms with van der Waals surface area (Å²) in [5.74, 6) is -0.977. The second-order valence-corrected chi connectivity index (χ2v) is 7.95. The van der Waals surface area contributed by atoms with E-state index in [-0.39, 0.29) is 35.8 Å². The van der Waals surface area contributed by atoms with Gasteiger partial charge in [-0.3, -0.25) is 19.4 Å². The van der Waals surface area contributed by atoms with Crippen molar-refractivity contribution in [3.8, 4) is 5.88 Å². The van der Waals surface area contributed by atoms with Gasteiger partial charge in [0.15, 0.2) is 0 Å². The molecule has 2 N–H and O–H groups in total. The number of rotatable bonds is 5. The first-order valence-corrected chi connectivity index (χ1v) is 10.4. The third kappa shape index (κ3) is 4.62. The van der Waals surface area contributed by atoms with Gasteiger partial charge in [0.05, 0.1) is 5.56 Å². The van der Waals surface area contributed by atoms with Crippen LogP contribution in [-0.4, -0.2) is 46.4 Å². The van der Waals surface area contributed by atoms with E-state index in [9.17, 15) is 27.6 Å². The van der Waals surface area contributed by atoms with Crippen LogP contribution in [0.15, 0.2) is 42.6 Å². The molecule has 1 saturated carbocycles. The summed E-state index contributed by atoms with van der Waals surface area (Å²) < 4.78 is 44.9. The Morgan fingerprint density at radius 2 is 1.82 bits per heavy atom. The van der Waals surface area contributed by atoms with Crippen LogP contribution < -0.4 is 15.4 Å². The maximum Gasteiger partial charge on any atom is 0.416 e. The van der Waals surface area contributed by atoms with E-state index in [1.54, 1.807) is 6.07 Å². The van der Waals surface area contributed by atoms with Gasteiger partial charge in [-0.15, -0.1) is 0 Å². The molecule has 2 fully saturated rings. The van der Waals surface area contributed by atoms with Gasteiger partial charge in [0.1, 0.15) is 18.2 Å². The minimum absolute atomic E-state index is 0.0248. The third-order valence-corrected chi connectivity index (χ3v) is 5.81. The molecule has 1 aliphatic heterocycles. The van der Waals surface area contributed by atoms with Crippen molar-refractivity contribution in [3.05, 3.63) is 53.7 Å². The summed E-state index contributed by atoms with van der Waals surface area (Å²) >= 11 is 0. The van der Waals surface area contributed by atoms with Crippen LogP contribution in [0.4, 0.5) is 23.7 Å². The van der Waals surface area contributed by atoms with Crippen LogP contribution in [0.5, 0.6) is 5.88 Å². The number of ether oxygens (including phenoxy) is 1. The Labute approximate surface area is 187 Å². The number of hydrogen-bond acceptors (Lipinski definition) is 5. The van der Waals surface area contributed by atoms with Crippen LogP contribution >= 0.6 is 0 Å². The van der Waals surface area contributed by atoms with E-state index in [0.717, 1.165) is 21.9 Å². The number of halogens is 3. The molecule has 0 bridgehead atoms. The van der Waals surface area contributed by atoms with Gasteiger partial charge in [-0.1, -0.05) is 6.07 Å². The summed E-state index contributed by atoms with van der Waals surface area (Å²) in [6.07, 6.45) is -1.43. The van der Waals surface area contributed by atoms with Gasteiger partial charge in [-0.05, 0) is 56.0 Å². The van der Waals surface area contributed by atoms with Crippen LogP contribution in [0.2, 0.25) is 0 Å². The molecule has 8 nitrogen and oxygen atoms in total. The van der Waals surface area contributed by atoms with Crippen molar-refractivity contribution in [1.29, 1.82) is 0 Å².